The first-order valence-electron chi connectivity index (χ1n) is 20.5. The van der Waals surface area contributed by atoms with Gasteiger partial charge in [-0.2, -0.15) is 31.6 Å². The van der Waals surface area contributed by atoms with Crippen LogP contribution >= 0.6 is 0 Å². The fraction of sp³-hybridized carbons (Fsp3) is 0.0364. The van der Waals surface area contributed by atoms with Crippen LogP contribution in [-0.2, 0) is 12.4 Å². The Morgan fingerprint density at radius 1 is 0.400 bits per heavy atom. The molecule has 0 aliphatic carbocycles. The summed E-state index contributed by atoms with van der Waals surface area (Å²) in [4.78, 5) is 10.0. The summed E-state index contributed by atoms with van der Waals surface area (Å²) in [5.74, 6) is 0.425. The van der Waals surface area contributed by atoms with E-state index in [1.807, 2.05) is 138 Å². The average molecular weight is 863 g/mol. The summed E-state index contributed by atoms with van der Waals surface area (Å²) in [6.07, 6.45) is -9.21. The van der Waals surface area contributed by atoms with Crippen LogP contribution in [0.15, 0.2) is 194 Å². The smallest absolute Gasteiger partial charge is 0.308 e. The van der Waals surface area contributed by atoms with Crippen LogP contribution in [0, 0.1) is 11.3 Å². The number of benzene rings is 8. The van der Waals surface area contributed by atoms with Crippen LogP contribution in [0.1, 0.15) is 16.7 Å². The molecule has 0 saturated heterocycles. The number of halogens is 6. The average Bonchev–Trinajstić information content (AvgIpc) is 3.66. The number of rotatable bonds is 7. The van der Waals surface area contributed by atoms with Crippen molar-refractivity contribution in [3.63, 3.8) is 0 Å². The van der Waals surface area contributed by atoms with Crippen molar-refractivity contribution in [1.82, 2.24) is 14.5 Å². The van der Waals surface area contributed by atoms with Gasteiger partial charge >= 0.3 is 12.4 Å². The summed E-state index contributed by atoms with van der Waals surface area (Å²) < 4.78 is 86.6. The maximum atomic E-state index is 14.1. The van der Waals surface area contributed by atoms with Gasteiger partial charge in [-0.05, 0) is 89.0 Å². The molecule has 10 rings (SSSR count). The Morgan fingerprint density at radius 3 is 1.48 bits per heavy atom. The molecule has 0 spiro atoms. The van der Waals surface area contributed by atoms with Gasteiger partial charge in [0.1, 0.15) is 0 Å². The molecule has 10 aromatic rings. The van der Waals surface area contributed by atoms with E-state index >= 15 is 0 Å². The van der Waals surface area contributed by atoms with Crippen molar-refractivity contribution in [3.05, 3.63) is 211 Å². The van der Waals surface area contributed by atoms with Gasteiger partial charge in [0.25, 0.3) is 0 Å². The van der Waals surface area contributed by atoms with E-state index in [1.165, 1.54) is 24.3 Å². The van der Waals surface area contributed by atoms with E-state index in [0.717, 1.165) is 68.3 Å². The van der Waals surface area contributed by atoms with Crippen LogP contribution < -0.4 is 0 Å². The van der Waals surface area contributed by atoms with Gasteiger partial charge in [-0.3, -0.25) is 0 Å². The van der Waals surface area contributed by atoms with E-state index in [4.69, 9.17) is 9.97 Å². The maximum absolute atomic E-state index is 14.1. The lowest BCUT2D eigenvalue weighted by Gasteiger charge is -2.22. The minimum Gasteiger partial charge on any atom is -0.308 e. The summed E-state index contributed by atoms with van der Waals surface area (Å²) in [6, 6.07) is 57.4. The molecule has 0 aliphatic rings. The molecular formula is C55H32F6N4. The molecule has 10 heteroatoms. The van der Waals surface area contributed by atoms with Crippen molar-refractivity contribution >= 4 is 21.8 Å². The van der Waals surface area contributed by atoms with Crippen molar-refractivity contribution < 1.29 is 26.3 Å². The lowest BCUT2D eigenvalue weighted by atomic mass is 9.90. The first-order chi connectivity index (χ1) is 31.4. The van der Waals surface area contributed by atoms with Crippen LogP contribution in [-0.4, -0.2) is 14.5 Å². The van der Waals surface area contributed by atoms with Crippen LogP contribution in [0.2, 0.25) is 0 Å². The standard InChI is InChI=1S/C55H32F6N4/c56-54(57,58)41-24-19-34(20-25-41)45-30-40(49-32-48(36-11-3-1-4-12-36)63-53(64-49)37-13-5-2-6-14-37)31-46(35-21-26-42(27-22-35)55(59,60)61)52(45)65-50-18-10-9-17-44(50)47-29-38(23-28-51(47)65)43-16-8-7-15-39(43)33-62/h1-32H. The first-order valence-corrected chi connectivity index (χ1v) is 20.5. The third-order valence-electron chi connectivity index (χ3n) is 11.5. The summed E-state index contributed by atoms with van der Waals surface area (Å²) >= 11 is 0. The number of nitrogens with zero attached hydrogens (tertiary/aromatic N) is 4. The number of para-hydroxylation sites is 1. The number of hydrogen-bond acceptors (Lipinski definition) is 3. The molecule has 0 atom stereocenters. The van der Waals surface area contributed by atoms with Gasteiger partial charge in [0.2, 0.25) is 0 Å². The molecule has 8 aromatic carbocycles. The van der Waals surface area contributed by atoms with Crippen LogP contribution in [0.5, 0.6) is 0 Å². The second-order valence-electron chi connectivity index (χ2n) is 15.5. The monoisotopic (exact) mass is 862 g/mol. The van der Waals surface area contributed by atoms with Gasteiger partial charge in [0, 0.05) is 38.6 Å². The fourth-order valence-electron chi connectivity index (χ4n) is 8.42. The van der Waals surface area contributed by atoms with E-state index in [9.17, 15) is 31.6 Å². The SMILES string of the molecule is N#Cc1ccccc1-c1ccc2c(c1)c1ccccc1n2-c1c(-c2ccc(C(F)(F)F)cc2)cc(-c2cc(-c3ccccc3)nc(-c3ccccc3)n2)cc1-c1ccc(C(F)(F)F)cc1. The maximum Gasteiger partial charge on any atom is 0.416 e. The summed E-state index contributed by atoms with van der Waals surface area (Å²) in [5.41, 5.74) is 7.39. The highest BCUT2D eigenvalue weighted by Crippen LogP contribution is 2.46. The molecule has 0 amide bonds. The highest BCUT2D eigenvalue weighted by atomic mass is 19.4. The molecule has 4 nitrogen and oxygen atoms in total. The number of hydrogen-bond donors (Lipinski definition) is 0. The number of aromatic nitrogens is 3. The zero-order valence-corrected chi connectivity index (χ0v) is 34.0. The number of nitriles is 1. The molecule has 0 unspecified atom stereocenters. The van der Waals surface area contributed by atoms with Crippen molar-refractivity contribution in [2.45, 2.75) is 12.4 Å². The molecule has 0 radical (unpaired) electrons. The Morgan fingerprint density at radius 2 is 0.892 bits per heavy atom. The van der Waals surface area contributed by atoms with E-state index < -0.39 is 23.5 Å². The fourth-order valence-corrected chi connectivity index (χ4v) is 8.42. The van der Waals surface area contributed by atoms with Crippen LogP contribution in [0.3, 0.4) is 0 Å². The van der Waals surface area contributed by atoms with Gasteiger partial charge in [0.05, 0.1) is 50.9 Å². The molecule has 0 fully saturated rings. The molecule has 0 N–H and O–H groups in total. The lowest BCUT2D eigenvalue weighted by molar-refractivity contribution is -0.138. The molecular weight excluding hydrogens is 831 g/mol. The molecule has 0 bridgehead atoms. The molecule has 0 aliphatic heterocycles. The largest absolute Gasteiger partial charge is 0.416 e. The first kappa shape index (κ1) is 40.8. The van der Waals surface area contributed by atoms with Crippen molar-refractivity contribution in [2.24, 2.45) is 0 Å². The summed E-state index contributed by atoms with van der Waals surface area (Å²) in [7, 11) is 0. The van der Waals surface area contributed by atoms with Crippen LogP contribution in [0.25, 0.3) is 94.8 Å². The molecule has 2 aromatic heterocycles. The zero-order chi connectivity index (χ0) is 44.9. The second kappa shape index (κ2) is 16.1. The predicted molar refractivity (Wildman–Crippen MR) is 244 cm³/mol. The third kappa shape index (κ3) is 7.67. The van der Waals surface area contributed by atoms with Crippen molar-refractivity contribution in [3.8, 4) is 79.0 Å². The van der Waals surface area contributed by atoms with E-state index in [0.29, 0.717) is 56.3 Å². The van der Waals surface area contributed by atoms with Gasteiger partial charge in [-0.1, -0.05) is 127 Å². The predicted octanol–water partition coefficient (Wildman–Crippen LogP) is 15.5. The van der Waals surface area contributed by atoms with Gasteiger partial charge in [0.15, 0.2) is 5.82 Å². The van der Waals surface area contributed by atoms with Crippen LogP contribution in [0.4, 0.5) is 26.3 Å². The normalized spacial score (nSPS) is 11.8. The van der Waals surface area contributed by atoms with Crippen molar-refractivity contribution in [1.29, 1.82) is 5.26 Å². The van der Waals surface area contributed by atoms with Gasteiger partial charge < -0.3 is 4.57 Å². The van der Waals surface area contributed by atoms with E-state index in [-0.39, 0.29) is 0 Å². The lowest BCUT2D eigenvalue weighted by Crippen LogP contribution is -2.06. The van der Waals surface area contributed by atoms with Gasteiger partial charge in [-0.15, -0.1) is 0 Å². The Balaban J connectivity index is 1.32. The summed E-state index contributed by atoms with van der Waals surface area (Å²) in [5, 5.41) is 11.6. The minimum absolute atomic E-state index is 0.425. The quantitative estimate of drug-likeness (QED) is 0.150. The Hall–Kier alpha value is -8.29. The number of fused-ring (bicyclic) bond motifs is 3. The molecule has 65 heavy (non-hydrogen) atoms. The summed E-state index contributed by atoms with van der Waals surface area (Å²) in [6.45, 7) is 0. The highest BCUT2D eigenvalue weighted by Gasteiger charge is 2.32. The minimum atomic E-state index is -4.61. The van der Waals surface area contributed by atoms with E-state index in [1.54, 1.807) is 12.1 Å². The van der Waals surface area contributed by atoms with Gasteiger partial charge in [-0.25, -0.2) is 9.97 Å². The Labute approximate surface area is 369 Å². The zero-order valence-electron chi connectivity index (χ0n) is 34.0. The topological polar surface area (TPSA) is 54.5 Å². The highest BCUT2D eigenvalue weighted by molar-refractivity contribution is 6.12. The molecule has 314 valence electrons. The molecule has 0 saturated carbocycles. The molecule has 2 heterocycles. The van der Waals surface area contributed by atoms with E-state index in [2.05, 4.69) is 6.07 Å². The third-order valence-corrected chi connectivity index (χ3v) is 11.5. The number of alkyl halides is 6. The van der Waals surface area contributed by atoms with Crippen molar-refractivity contribution in [2.75, 3.05) is 0 Å². The Bertz CT molecular complexity index is 3300. The Kier molecular flexibility index (Phi) is 10.1. The second-order valence-corrected chi connectivity index (χ2v) is 15.5.